The Morgan fingerprint density at radius 2 is 2.06 bits per heavy atom. The molecule has 0 amide bonds. The van der Waals surface area contributed by atoms with Crippen LogP contribution in [0.25, 0.3) is 11.3 Å². The molecule has 0 atom stereocenters. The van der Waals surface area contributed by atoms with E-state index < -0.39 is 0 Å². The largest absolute Gasteiger partial charge is 0.491 e. The number of nitrogens with zero attached hydrogens (tertiary/aromatic N) is 3. The third-order valence-corrected chi connectivity index (χ3v) is 2.41. The summed E-state index contributed by atoms with van der Waals surface area (Å²) in [6, 6.07) is 5.87. The summed E-state index contributed by atoms with van der Waals surface area (Å²) < 4.78 is 5.69. The summed E-state index contributed by atoms with van der Waals surface area (Å²) in [4.78, 5) is 4.14. The van der Waals surface area contributed by atoms with Gasteiger partial charge in [-0.05, 0) is 44.5 Å². The molecule has 1 aromatic heterocycles. The molecule has 1 heterocycles. The lowest BCUT2D eigenvalue weighted by molar-refractivity contribution is 0.241. The molecule has 5 heteroatoms. The van der Waals surface area contributed by atoms with Crippen molar-refractivity contribution in [2.75, 3.05) is 5.73 Å². The van der Waals surface area contributed by atoms with E-state index in [0.717, 1.165) is 16.9 Å². The van der Waals surface area contributed by atoms with Crippen molar-refractivity contribution in [3.05, 3.63) is 30.0 Å². The highest BCUT2D eigenvalue weighted by atomic mass is 16.5. The lowest BCUT2D eigenvalue weighted by Crippen LogP contribution is -2.06. The number of aromatic nitrogens is 3. The summed E-state index contributed by atoms with van der Waals surface area (Å²) in [6.07, 6.45) is 1.75. The van der Waals surface area contributed by atoms with Crippen LogP contribution in [-0.4, -0.2) is 21.3 Å². The van der Waals surface area contributed by atoms with Crippen molar-refractivity contribution in [1.29, 1.82) is 0 Å². The van der Waals surface area contributed by atoms with Crippen molar-refractivity contribution in [2.45, 2.75) is 26.9 Å². The zero-order valence-electron chi connectivity index (χ0n) is 10.7. The summed E-state index contributed by atoms with van der Waals surface area (Å²) >= 11 is 0. The number of hydrogen-bond donors (Lipinski definition) is 1. The van der Waals surface area contributed by atoms with Crippen LogP contribution in [0.1, 0.15) is 19.4 Å². The fourth-order valence-corrected chi connectivity index (χ4v) is 1.65. The molecule has 0 saturated heterocycles. The van der Waals surface area contributed by atoms with E-state index in [2.05, 4.69) is 15.2 Å². The van der Waals surface area contributed by atoms with Crippen LogP contribution in [0.15, 0.2) is 24.4 Å². The molecule has 0 unspecified atom stereocenters. The average Bonchev–Trinajstić information content (AvgIpc) is 2.31. The average molecular weight is 244 g/mol. The molecule has 94 valence electrons. The number of nitrogens with two attached hydrogens (primary N) is 1. The molecule has 2 rings (SSSR count). The molecule has 0 spiro atoms. The molecule has 0 bridgehead atoms. The number of benzene rings is 1. The third kappa shape index (κ3) is 2.74. The van der Waals surface area contributed by atoms with Crippen molar-refractivity contribution in [3.8, 4) is 17.0 Å². The number of ether oxygens (including phenoxy) is 1. The van der Waals surface area contributed by atoms with Crippen LogP contribution in [0.4, 0.5) is 5.95 Å². The predicted molar refractivity (Wildman–Crippen MR) is 70.2 cm³/mol. The molecule has 0 aliphatic carbocycles. The molecule has 2 aromatic rings. The quantitative estimate of drug-likeness (QED) is 0.896. The first kappa shape index (κ1) is 12.3. The predicted octanol–water partition coefficient (Wildman–Crippen LogP) is 2.22. The first-order chi connectivity index (χ1) is 8.56. The minimum atomic E-state index is 0.158. The van der Waals surface area contributed by atoms with Crippen LogP contribution in [0, 0.1) is 6.92 Å². The molecular weight excluding hydrogens is 228 g/mol. The van der Waals surface area contributed by atoms with Gasteiger partial charge in [0, 0.05) is 5.56 Å². The Labute approximate surface area is 106 Å². The minimum absolute atomic E-state index is 0.158. The zero-order chi connectivity index (χ0) is 13.1. The first-order valence-corrected chi connectivity index (χ1v) is 5.79. The van der Waals surface area contributed by atoms with Gasteiger partial charge in [-0.1, -0.05) is 0 Å². The summed E-state index contributed by atoms with van der Waals surface area (Å²) in [5.74, 6) is 1.05. The number of rotatable bonds is 3. The molecule has 0 fully saturated rings. The van der Waals surface area contributed by atoms with E-state index >= 15 is 0 Å². The van der Waals surface area contributed by atoms with Gasteiger partial charge in [0.05, 0.1) is 18.0 Å². The molecular formula is C13H16N4O. The zero-order valence-corrected chi connectivity index (χ0v) is 10.7. The van der Waals surface area contributed by atoms with Gasteiger partial charge in [-0.3, -0.25) is 0 Å². The van der Waals surface area contributed by atoms with Gasteiger partial charge >= 0.3 is 0 Å². The topological polar surface area (TPSA) is 73.9 Å². The maximum Gasteiger partial charge on any atom is 0.240 e. The highest BCUT2D eigenvalue weighted by Crippen LogP contribution is 2.25. The van der Waals surface area contributed by atoms with Crippen LogP contribution in [0.3, 0.4) is 0 Å². The SMILES string of the molecule is Cc1cc(-c2cnnc(N)n2)ccc1OC(C)C. The number of anilines is 1. The fraction of sp³-hybridized carbons (Fsp3) is 0.308. The van der Waals surface area contributed by atoms with E-state index in [4.69, 9.17) is 10.5 Å². The maximum atomic E-state index is 5.69. The van der Waals surface area contributed by atoms with Gasteiger partial charge < -0.3 is 10.5 Å². The van der Waals surface area contributed by atoms with Crippen molar-refractivity contribution in [3.63, 3.8) is 0 Å². The van der Waals surface area contributed by atoms with Crippen molar-refractivity contribution in [2.24, 2.45) is 0 Å². The molecule has 5 nitrogen and oxygen atoms in total. The van der Waals surface area contributed by atoms with Crippen LogP contribution < -0.4 is 10.5 Å². The summed E-state index contributed by atoms with van der Waals surface area (Å²) in [5, 5.41) is 7.43. The Hall–Kier alpha value is -2.17. The normalized spacial score (nSPS) is 10.7. The van der Waals surface area contributed by atoms with Crippen LogP contribution in [0.2, 0.25) is 0 Å². The highest BCUT2D eigenvalue weighted by Gasteiger charge is 2.06. The van der Waals surface area contributed by atoms with Gasteiger partial charge in [0.1, 0.15) is 5.75 Å². The van der Waals surface area contributed by atoms with E-state index in [9.17, 15) is 0 Å². The lowest BCUT2D eigenvalue weighted by Gasteiger charge is -2.13. The van der Waals surface area contributed by atoms with E-state index in [1.54, 1.807) is 6.20 Å². The smallest absolute Gasteiger partial charge is 0.240 e. The van der Waals surface area contributed by atoms with Crippen LogP contribution in [-0.2, 0) is 0 Å². The molecule has 0 aliphatic rings. The van der Waals surface area contributed by atoms with E-state index in [1.165, 1.54) is 0 Å². The van der Waals surface area contributed by atoms with Crippen LogP contribution in [0.5, 0.6) is 5.75 Å². The number of aryl methyl sites for hydroxylation is 1. The molecule has 0 aliphatic heterocycles. The standard InChI is InChI=1S/C13H16N4O/c1-8(2)18-12-5-4-10(6-9(12)3)11-7-15-17-13(14)16-11/h4-8H,1-3H3,(H2,14,16,17). The second kappa shape index (κ2) is 5.00. The summed E-state index contributed by atoms with van der Waals surface area (Å²) in [5.41, 5.74) is 8.23. The van der Waals surface area contributed by atoms with E-state index in [0.29, 0.717) is 5.69 Å². The number of hydrogen-bond acceptors (Lipinski definition) is 5. The van der Waals surface area contributed by atoms with Gasteiger partial charge in [-0.25, -0.2) is 4.98 Å². The maximum absolute atomic E-state index is 5.69. The lowest BCUT2D eigenvalue weighted by atomic mass is 10.1. The molecule has 18 heavy (non-hydrogen) atoms. The highest BCUT2D eigenvalue weighted by molar-refractivity contribution is 5.61. The minimum Gasteiger partial charge on any atom is -0.491 e. The van der Waals surface area contributed by atoms with Crippen molar-refractivity contribution < 1.29 is 4.74 Å². The van der Waals surface area contributed by atoms with Gasteiger partial charge in [-0.15, -0.1) is 5.10 Å². The Kier molecular flexibility index (Phi) is 3.41. The fourth-order valence-electron chi connectivity index (χ4n) is 1.65. The Morgan fingerprint density at radius 1 is 1.28 bits per heavy atom. The number of nitrogen functional groups attached to an aromatic ring is 1. The second-order valence-electron chi connectivity index (χ2n) is 4.35. The monoisotopic (exact) mass is 244 g/mol. The van der Waals surface area contributed by atoms with Gasteiger partial charge in [0.25, 0.3) is 0 Å². The van der Waals surface area contributed by atoms with Gasteiger partial charge in [-0.2, -0.15) is 5.10 Å². The van der Waals surface area contributed by atoms with Gasteiger partial charge in [0.2, 0.25) is 5.95 Å². The molecule has 0 saturated carbocycles. The first-order valence-electron chi connectivity index (χ1n) is 5.79. The second-order valence-corrected chi connectivity index (χ2v) is 4.35. The molecule has 0 radical (unpaired) electrons. The van der Waals surface area contributed by atoms with E-state index in [-0.39, 0.29) is 12.1 Å². The van der Waals surface area contributed by atoms with Crippen LogP contribution >= 0.6 is 0 Å². The van der Waals surface area contributed by atoms with Gasteiger partial charge in [0.15, 0.2) is 0 Å². The summed E-state index contributed by atoms with van der Waals surface area (Å²) in [7, 11) is 0. The van der Waals surface area contributed by atoms with Crippen molar-refractivity contribution >= 4 is 5.95 Å². The molecule has 1 aromatic carbocycles. The van der Waals surface area contributed by atoms with Crippen molar-refractivity contribution in [1.82, 2.24) is 15.2 Å². The summed E-state index contributed by atoms with van der Waals surface area (Å²) in [6.45, 7) is 6.00. The third-order valence-electron chi connectivity index (χ3n) is 2.41. The Bertz CT molecular complexity index is 554. The Balaban J connectivity index is 2.34. The Morgan fingerprint density at radius 3 is 2.67 bits per heavy atom. The van der Waals surface area contributed by atoms with E-state index in [1.807, 2.05) is 39.0 Å². The molecule has 2 N–H and O–H groups in total.